The summed E-state index contributed by atoms with van der Waals surface area (Å²) in [4.78, 5) is 25.4. The number of carbonyl (C=O) groups excluding carboxylic acids is 2. The van der Waals surface area contributed by atoms with Crippen LogP contribution in [0.5, 0.6) is 5.75 Å². The van der Waals surface area contributed by atoms with Crippen LogP contribution in [0.4, 0.5) is 0 Å². The summed E-state index contributed by atoms with van der Waals surface area (Å²) in [6, 6.07) is 12.8. The third kappa shape index (κ3) is 2.47. The monoisotopic (exact) mass is 405 g/mol. The number of nitrogens with one attached hydrogen (secondary N) is 1. The van der Waals surface area contributed by atoms with Crippen molar-refractivity contribution in [3.8, 4) is 16.9 Å². The van der Waals surface area contributed by atoms with Crippen LogP contribution in [-0.4, -0.2) is 18.9 Å². The van der Waals surface area contributed by atoms with Crippen LogP contribution in [0.15, 0.2) is 46.9 Å². The van der Waals surface area contributed by atoms with Gasteiger partial charge in [0.1, 0.15) is 16.9 Å². The molecule has 5 rings (SSSR count). The lowest BCUT2D eigenvalue weighted by atomic mass is 9.92. The summed E-state index contributed by atoms with van der Waals surface area (Å²) in [5, 5.41) is 4.25. The van der Waals surface area contributed by atoms with Gasteiger partial charge >= 0.3 is 0 Å². The lowest BCUT2D eigenvalue weighted by Crippen LogP contribution is -2.20. The highest BCUT2D eigenvalue weighted by atomic mass is 35.5. The van der Waals surface area contributed by atoms with Crippen LogP contribution in [0, 0.1) is 0 Å². The van der Waals surface area contributed by atoms with E-state index in [1.807, 2.05) is 37.3 Å². The second kappa shape index (κ2) is 6.36. The molecule has 0 atom stereocenters. The van der Waals surface area contributed by atoms with Gasteiger partial charge in [0.15, 0.2) is 0 Å². The molecule has 1 aliphatic heterocycles. The highest BCUT2D eigenvalue weighted by molar-refractivity contribution is 6.35. The van der Waals surface area contributed by atoms with Crippen molar-refractivity contribution in [1.82, 2.24) is 5.32 Å². The Morgan fingerprint density at radius 1 is 1.00 bits per heavy atom. The molecule has 1 aromatic heterocycles. The molecule has 0 radical (unpaired) electrons. The van der Waals surface area contributed by atoms with Crippen molar-refractivity contribution in [3.63, 3.8) is 0 Å². The van der Waals surface area contributed by atoms with Crippen molar-refractivity contribution in [3.05, 3.63) is 64.2 Å². The van der Waals surface area contributed by atoms with Gasteiger partial charge in [0.2, 0.25) is 0 Å². The lowest BCUT2D eigenvalue weighted by molar-refractivity contribution is 0.0880. The molecule has 0 fully saturated rings. The number of carbonyl (C=O) groups is 2. The Hall–Kier alpha value is -3.31. The predicted octanol–water partition coefficient (Wildman–Crippen LogP) is 5.36. The maximum Gasteiger partial charge on any atom is 0.259 e. The molecule has 4 aromatic rings. The molecule has 144 valence electrons. The fourth-order valence-electron chi connectivity index (χ4n) is 4.06. The Bertz CT molecular complexity index is 1350. The van der Waals surface area contributed by atoms with Crippen LogP contribution >= 0.6 is 11.6 Å². The van der Waals surface area contributed by atoms with E-state index in [9.17, 15) is 9.59 Å². The SMILES string of the molecule is CCc1cc2oc3cc(-c4ccccc4Cl)c4c(c3c2cc1OC)C(=O)NC4=O. The molecule has 0 aliphatic carbocycles. The first-order chi connectivity index (χ1) is 14.0. The zero-order chi connectivity index (χ0) is 20.3. The number of ether oxygens (including phenoxy) is 1. The number of rotatable bonds is 3. The van der Waals surface area contributed by atoms with E-state index in [-0.39, 0.29) is 0 Å². The fourth-order valence-corrected chi connectivity index (χ4v) is 4.29. The summed E-state index contributed by atoms with van der Waals surface area (Å²) in [6.07, 6.45) is 0.776. The van der Waals surface area contributed by atoms with Crippen LogP contribution in [0.2, 0.25) is 5.02 Å². The van der Waals surface area contributed by atoms with Crippen molar-refractivity contribution in [2.24, 2.45) is 0 Å². The molecular formula is C23H16ClNO4. The molecule has 2 amide bonds. The van der Waals surface area contributed by atoms with E-state index in [0.29, 0.717) is 43.8 Å². The molecule has 1 N–H and O–H groups in total. The number of fused-ring (bicyclic) bond motifs is 5. The normalized spacial score (nSPS) is 13.2. The second-order valence-corrected chi connectivity index (χ2v) is 7.33. The summed E-state index contributed by atoms with van der Waals surface area (Å²) in [6.45, 7) is 2.03. The topological polar surface area (TPSA) is 68.5 Å². The first-order valence-electron chi connectivity index (χ1n) is 9.24. The number of furan rings is 1. The van der Waals surface area contributed by atoms with Gasteiger partial charge in [0.25, 0.3) is 11.8 Å². The first kappa shape index (κ1) is 17.8. The van der Waals surface area contributed by atoms with E-state index in [0.717, 1.165) is 23.1 Å². The highest BCUT2D eigenvalue weighted by Gasteiger charge is 2.34. The van der Waals surface area contributed by atoms with Gasteiger partial charge in [-0.25, -0.2) is 0 Å². The summed E-state index contributed by atoms with van der Waals surface area (Å²) >= 11 is 6.39. The number of hydrogen-bond donors (Lipinski definition) is 1. The lowest BCUT2D eigenvalue weighted by Gasteiger charge is -2.09. The highest BCUT2D eigenvalue weighted by Crippen LogP contribution is 2.43. The average Bonchev–Trinajstić information content (AvgIpc) is 3.22. The molecule has 29 heavy (non-hydrogen) atoms. The largest absolute Gasteiger partial charge is 0.496 e. The fraction of sp³-hybridized carbons (Fsp3) is 0.130. The van der Waals surface area contributed by atoms with Gasteiger partial charge in [-0.2, -0.15) is 0 Å². The number of imide groups is 1. The van der Waals surface area contributed by atoms with E-state index in [4.69, 9.17) is 20.8 Å². The Morgan fingerprint density at radius 2 is 1.76 bits per heavy atom. The zero-order valence-corrected chi connectivity index (χ0v) is 16.5. The van der Waals surface area contributed by atoms with Gasteiger partial charge in [0, 0.05) is 26.9 Å². The number of halogens is 1. The van der Waals surface area contributed by atoms with Crippen LogP contribution in [0.3, 0.4) is 0 Å². The van der Waals surface area contributed by atoms with E-state index in [1.165, 1.54) is 0 Å². The zero-order valence-electron chi connectivity index (χ0n) is 15.8. The molecular weight excluding hydrogens is 390 g/mol. The third-order valence-electron chi connectivity index (χ3n) is 5.39. The second-order valence-electron chi connectivity index (χ2n) is 6.93. The van der Waals surface area contributed by atoms with Gasteiger partial charge in [-0.05, 0) is 36.2 Å². The predicted molar refractivity (Wildman–Crippen MR) is 112 cm³/mol. The van der Waals surface area contributed by atoms with E-state index >= 15 is 0 Å². The third-order valence-corrected chi connectivity index (χ3v) is 5.72. The minimum Gasteiger partial charge on any atom is -0.496 e. The van der Waals surface area contributed by atoms with Crippen LogP contribution in [-0.2, 0) is 6.42 Å². The first-order valence-corrected chi connectivity index (χ1v) is 9.62. The molecule has 5 nitrogen and oxygen atoms in total. The van der Waals surface area contributed by atoms with Crippen molar-refractivity contribution < 1.29 is 18.7 Å². The standard InChI is InChI=1S/C23H16ClNO4/c1-3-11-8-17-14(10-16(11)28-2)19-18(29-17)9-13(12-6-4-5-7-15(12)24)20-21(19)23(27)25-22(20)26/h4-10H,3H2,1-2H3,(H,25,26,27). The number of aryl methyl sites for hydroxylation is 1. The number of methoxy groups -OCH3 is 1. The number of benzene rings is 3. The van der Waals surface area contributed by atoms with Gasteiger partial charge in [-0.15, -0.1) is 0 Å². The van der Waals surface area contributed by atoms with Crippen LogP contribution in [0.1, 0.15) is 33.2 Å². The maximum atomic E-state index is 12.7. The van der Waals surface area contributed by atoms with Crippen molar-refractivity contribution in [2.45, 2.75) is 13.3 Å². The summed E-state index contributed by atoms with van der Waals surface area (Å²) in [7, 11) is 1.61. The molecule has 3 aromatic carbocycles. The molecule has 0 spiro atoms. The van der Waals surface area contributed by atoms with Crippen molar-refractivity contribution in [1.29, 1.82) is 0 Å². The van der Waals surface area contributed by atoms with Gasteiger partial charge in [-0.3, -0.25) is 14.9 Å². The Morgan fingerprint density at radius 3 is 2.48 bits per heavy atom. The van der Waals surface area contributed by atoms with Gasteiger partial charge in [0.05, 0.1) is 18.2 Å². The van der Waals surface area contributed by atoms with E-state index < -0.39 is 11.8 Å². The minimum atomic E-state index is -0.440. The molecule has 0 unspecified atom stereocenters. The molecule has 1 aliphatic rings. The summed E-state index contributed by atoms with van der Waals surface area (Å²) < 4.78 is 11.6. The van der Waals surface area contributed by atoms with Crippen molar-refractivity contribution in [2.75, 3.05) is 7.11 Å². The minimum absolute atomic E-state index is 0.312. The van der Waals surface area contributed by atoms with Crippen LogP contribution in [0.25, 0.3) is 33.1 Å². The molecule has 6 heteroatoms. The quantitative estimate of drug-likeness (QED) is 0.466. The molecule has 0 bridgehead atoms. The number of hydrogen-bond acceptors (Lipinski definition) is 4. The Balaban J connectivity index is 1.95. The maximum absolute atomic E-state index is 12.7. The summed E-state index contributed by atoms with van der Waals surface area (Å²) in [5.74, 6) is -0.158. The Kier molecular flexibility index (Phi) is 3.89. The van der Waals surface area contributed by atoms with Crippen LogP contribution < -0.4 is 10.1 Å². The van der Waals surface area contributed by atoms with E-state index in [2.05, 4.69) is 5.32 Å². The molecule has 2 heterocycles. The van der Waals surface area contributed by atoms with Gasteiger partial charge in [-0.1, -0.05) is 36.7 Å². The van der Waals surface area contributed by atoms with Gasteiger partial charge < -0.3 is 9.15 Å². The smallest absolute Gasteiger partial charge is 0.259 e. The number of amides is 2. The average molecular weight is 406 g/mol. The molecule has 0 saturated heterocycles. The Labute approximate surface area is 171 Å². The van der Waals surface area contributed by atoms with E-state index in [1.54, 1.807) is 19.2 Å². The van der Waals surface area contributed by atoms with Crippen molar-refractivity contribution >= 4 is 45.4 Å². The summed E-state index contributed by atoms with van der Waals surface area (Å²) in [5.41, 5.74) is 4.04. The molecule has 0 saturated carbocycles.